The number of halogens is 1. The summed E-state index contributed by atoms with van der Waals surface area (Å²) in [6.07, 6.45) is 1.45. The molecule has 7 nitrogen and oxygen atoms in total. The fraction of sp³-hybridized carbons (Fsp3) is 0.0400. The van der Waals surface area contributed by atoms with Crippen LogP contribution in [0.3, 0.4) is 0 Å². The Kier molecular flexibility index (Phi) is 6.74. The number of hydrogen-bond acceptors (Lipinski definition) is 5. The minimum atomic E-state index is -0.590. The molecule has 3 aromatic rings. The van der Waals surface area contributed by atoms with Crippen molar-refractivity contribution in [1.29, 1.82) is 0 Å². The summed E-state index contributed by atoms with van der Waals surface area (Å²) in [4.78, 5) is 38.7. The standard InChI is InChI=1S/C25H18FN3O4S/c26-20-8-4-5-9-21(20)27-22(30)15-33-18-12-10-16(11-13-18)14-19-23(31)28-25(34)29(24(19)32)17-6-2-1-3-7-17/h1-14H,15H2,(H,27,30)(H,28,31,34). The summed E-state index contributed by atoms with van der Waals surface area (Å²) in [7, 11) is 0. The molecule has 1 aliphatic heterocycles. The number of carbonyl (C=O) groups is 3. The fourth-order valence-corrected chi connectivity index (χ4v) is 3.47. The molecule has 170 valence electrons. The molecule has 34 heavy (non-hydrogen) atoms. The Bertz CT molecular complexity index is 1290. The fourth-order valence-electron chi connectivity index (χ4n) is 3.19. The van der Waals surface area contributed by atoms with Crippen LogP contribution < -0.4 is 20.3 Å². The number of thiocarbonyl (C=S) groups is 1. The number of para-hydroxylation sites is 2. The molecule has 1 saturated heterocycles. The van der Waals surface area contributed by atoms with E-state index in [-0.39, 0.29) is 23.0 Å². The van der Waals surface area contributed by atoms with Gasteiger partial charge in [-0.3, -0.25) is 24.6 Å². The summed E-state index contributed by atoms with van der Waals surface area (Å²) < 4.78 is 19.1. The molecule has 2 N–H and O–H groups in total. The Morgan fingerprint density at radius 2 is 1.68 bits per heavy atom. The Morgan fingerprint density at radius 3 is 2.38 bits per heavy atom. The van der Waals surface area contributed by atoms with Crippen LogP contribution in [0, 0.1) is 5.82 Å². The van der Waals surface area contributed by atoms with Crippen molar-refractivity contribution in [2.75, 3.05) is 16.8 Å². The van der Waals surface area contributed by atoms with Gasteiger partial charge in [0.2, 0.25) is 0 Å². The van der Waals surface area contributed by atoms with E-state index in [1.807, 2.05) is 6.07 Å². The van der Waals surface area contributed by atoms with Crippen molar-refractivity contribution in [2.24, 2.45) is 0 Å². The molecular weight excluding hydrogens is 457 g/mol. The van der Waals surface area contributed by atoms with Crippen LogP contribution in [0.1, 0.15) is 5.56 Å². The SMILES string of the molecule is O=C(COc1ccc(C=C2C(=O)NC(=S)N(c3ccccc3)C2=O)cc1)Nc1ccccc1F. The van der Waals surface area contributed by atoms with Gasteiger partial charge in [0.25, 0.3) is 17.7 Å². The first-order valence-corrected chi connectivity index (χ1v) is 10.6. The number of amides is 3. The van der Waals surface area contributed by atoms with Crippen molar-refractivity contribution in [3.8, 4) is 5.75 Å². The van der Waals surface area contributed by atoms with Gasteiger partial charge < -0.3 is 10.1 Å². The van der Waals surface area contributed by atoms with Gasteiger partial charge in [-0.25, -0.2) is 4.39 Å². The zero-order valence-corrected chi connectivity index (χ0v) is 18.5. The average Bonchev–Trinajstić information content (AvgIpc) is 2.83. The van der Waals surface area contributed by atoms with Gasteiger partial charge in [-0.15, -0.1) is 0 Å². The third kappa shape index (κ3) is 5.16. The van der Waals surface area contributed by atoms with Crippen LogP contribution in [0.2, 0.25) is 0 Å². The maximum atomic E-state index is 13.6. The van der Waals surface area contributed by atoms with Crippen LogP contribution in [0.5, 0.6) is 5.75 Å². The molecule has 0 spiro atoms. The van der Waals surface area contributed by atoms with Gasteiger partial charge in [-0.05, 0) is 60.3 Å². The van der Waals surface area contributed by atoms with E-state index in [0.29, 0.717) is 17.0 Å². The summed E-state index contributed by atoms with van der Waals surface area (Å²) in [6, 6.07) is 21.0. The van der Waals surface area contributed by atoms with E-state index in [1.165, 1.54) is 29.2 Å². The van der Waals surface area contributed by atoms with Crippen LogP contribution in [-0.2, 0) is 14.4 Å². The molecule has 0 unspecified atom stereocenters. The molecule has 0 saturated carbocycles. The van der Waals surface area contributed by atoms with Crippen molar-refractivity contribution >= 4 is 52.5 Å². The molecule has 0 radical (unpaired) electrons. The van der Waals surface area contributed by atoms with Gasteiger partial charge in [-0.1, -0.05) is 42.5 Å². The second-order valence-electron chi connectivity index (χ2n) is 7.18. The molecule has 3 amide bonds. The lowest BCUT2D eigenvalue weighted by Gasteiger charge is -2.28. The number of benzene rings is 3. The lowest BCUT2D eigenvalue weighted by atomic mass is 10.1. The van der Waals surface area contributed by atoms with Crippen molar-refractivity contribution in [3.05, 3.63) is 95.8 Å². The maximum Gasteiger partial charge on any atom is 0.270 e. The lowest BCUT2D eigenvalue weighted by molar-refractivity contribution is -0.122. The maximum absolute atomic E-state index is 13.6. The van der Waals surface area contributed by atoms with Gasteiger partial charge in [0, 0.05) is 0 Å². The average molecular weight is 476 g/mol. The molecule has 0 bridgehead atoms. The highest BCUT2D eigenvalue weighted by Crippen LogP contribution is 2.22. The molecular formula is C25H18FN3O4S. The third-order valence-electron chi connectivity index (χ3n) is 4.83. The molecule has 9 heteroatoms. The van der Waals surface area contributed by atoms with E-state index < -0.39 is 23.5 Å². The highest BCUT2D eigenvalue weighted by molar-refractivity contribution is 7.80. The number of nitrogens with one attached hydrogen (secondary N) is 2. The lowest BCUT2D eigenvalue weighted by Crippen LogP contribution is -2.54. The second-order valence-corrected chi connectivity index (χ2v) is 7.57. The summed E-state index contributed by atoms with van der Waals surface area (Å²) in [5.74, 6) is -1.80. The Balaban J connectivity index is 1.43. The van der Waals surface area contributed by atoms with E-state index in [4.69, 9.17) is 17.0 Å². The minimum absolute atomic E-state index is 0.00996. The normalized spacial score (nSPS) is 14.7. The highest BCUT2D eigenvalue weighted by atomic mass is 32.1. The van der Waals surface area contributed by atoms with Gasteiger partial charge in [0.05, 0.1) is 11.4 Å². The van der Waals surface area contributed by atoms with Crippen molar-refractivity contribution in [3.63, 3.8) is 0 Å². The number of ether oxygens (including phenoxy) is 1. The largest absolute Gasteiger partial charge is 0.484 e. The first-order valence-electron chi connectivity index (χ1n) is 10.2. The van der Waals surface area contributed by atoms with E-state index >= 15 is 0 Å². The summed E-state index contributed by atoms with van der Waals surface area (Å²) in [5.41, 5.74) is 1.11. The molecule has 1 heterocycles. The number of rotatable bonds is 6. The molecule has 1 aliphatic rings. The summed E-state index contributed by atoms with van der Waals surface area (Å²) >= 11 is 5.17. The summed E-state index contributed by atoms with van der Waals surface area (Å²) in [5, 5.41) is 4.97. The van der Waals surface area contributed by atoms with Gasteiger partial charge >= 0.3 is 0 Å². The number of anilines is 2. The Hall–Kier alpha value is -4.37. The third-order valence-corrected chi connectivity index (χ3v) is 5.11. The molecule has 0 aromatic heterocycles. The monoisotopic (exact) mass is 475 g/mol. The molecule has 4 rings (SSSR count). The van der Waals surface area contributed by atoms with E-state index in [2.05, 4.69) is 10.6 Å². The first-order chi connectivity index (χ1) is 16.4. The van der Waals surface area contributed by atoms with Crippen LogP contribution in [0.15, 0.2) is 84.4 Å². The van der Waals surface area contributed by atoms with Crippen LogP contribution in [0.25, 0.3) is 6.08 Å². The summed E-state index contributed by atoms with van der Waals surface area (Å²) in [6.45, 7) is -0.320. The topological polar surface area (TPSA) is 87.7 Å². The smallest absolute Gasteiger partial charge is 0.270 e. The van der Waals surface area contributed by atoms with Crippen LogP contribution in [-0.4, -0.2) is 29.4 Å². The van der Waals surface area contributed by atoms with E-state index in [9.17, 15) is 18.8 Å². The molecule has 3 aromatic carbocycles. The predicted octanol–water partition coefficient (Wildman–Crippen LogP) is 3.67. The molecule has 0 atom stereocenters. The number of hydrogen-bond donors (Lipinski definition) is 2. The predicted molar refractivity (Wildman–Crippen MR) is 130 cm³/mol. The van der Waals surface area contributed by atoms with Gasteiger partial charge in [0.15, 0.2) is 11.7 Å². The Morgan fingerprint density at radius 1 is 1.00 bits per heavy atom. The highest BCUT2D eigenvalue weighted by Gasteiger charge is 2.34. The zero-order valence-electron chi connectivity index (χ0n) is 17.7. The quantitative estimate of drug-likeness (QED) is 0.323. The van der Waals surface area contributed by atoms with E-state index in [1.54, 1.807) is 54.6 Å². The second kappa shape index (κ2) is 10.1. The first kappa shape index (κ1) is 22.8. The Labute approximate surface area is 199 Å². The van der Waals surface area contributed by atoms with Crippen LogP contribution in [0.4, 0.5) is 15.8 Å². The minimum Gasteiger partial charge on any atom is -0.484 e. The van der Waals surface area contributed by atoms with E-state index in [0.717, 1.165) is 0 Å². The van der Waals surface area contributed by atoms with Gasteiger partial charge in [-0.2, -0.15) is 0 Å². The molecule has 0 aliphatic carbocycles. The van der Waals surface area contributed by atoms with Crippen molar-refractivity contribution in [1.82, 2.24) is 5.32 Å². The van der Waals surface area contributed by atoms with Crippen molar-refractivity contribution < 1.29 is 23.5 Å². The van der Waals surface area contributed by atoms with Gasteiger partial charge in [0.1, 0.15) is 17.1 Å². The number of nitrogens with zero attached hydrogens (tertiary/aromatic N) is 1. The molecule has 1 fully saturated rings. The number of carbonyl (C=O) groups excluding carboxylic acids is 3. The zero-order chi connectivity index (χ0) is 24.1. The van der Waals surface area contributed by atoms with Crippen molar-refractivity contribution in [2.45, 2.75) is 0 Å². The van der Waals surface area contributed by atoms with Crippen LogP contribution >= 0.6 is 12.2 Å².